The van der Waals surface area contributed by atoms with Crippen LogP contribution in [-0.2, 0) is 0 Å². The van der Waals surface area contributed by atoms with E-state index in [2.05, 4.69) is 20.4 Å². The molecular formula is C18H32. The van der Waals surface area contributed by atoms with E-state index >= 15 is 0 Å². The maximum atomic E-state index is 4.52. The molecule has 0 heteroatoms. The molecule has 2 aliphatic carbocycles. The van der Waals surface area contributed by atoms with Crippen molar-refractivity contribution >= 4 is 0 Å². The molecule has 0 amide bonds. The van der Waals surface area contributed by atoms with Crippen molar-refractivity contribution in [1.29, 1.82) is 0 Å². The molecule has 0 aromatic carbocycles. The Balaban J connectivity index is 1.83. The van der Waals surface area contributed by atoms with Crippen LogP contribution in [0.5, 0.6) is 0 Å². The number of rotatable bonds is 4. The van der Waals surface area contributed by atoms with Crippen LogP contribution in [0.15, 0.2) is 12.2 Å². The molecule has 0 bridgehead atoms. The number of allylic oxidation sites excluding steroid dienone is 1. The van der Waals surface area contributed by atoms with Gasteiger partial charge >= 0.3 is 0 Å². The zero-order valence-corrected chi connectivity index (χ0v) is 12.6. The van der Waals surface area contributed by atoms with E-state index in [1.165, 1.54) is 64.2 Å². The molecule has 0 saturated heterocycles. The molecule has 0 spiro atoms. The van der Waals surface area contributed by atoms with E-state index < -0.39 is 0 Å². The van der Waals surface area contributed by atoms with Crippen molar-refractivity contribution in [3.8, 4) is 0 Å². The molecule has 0 heterocycles. The van der Waals surface area contributed by atoms with E-state index in [4.69, 9.17) is 0 Å². The van der Waals surface area contributed by atoms with Crippen LogP contribution in [0.25, 0.3) is 0 Å². The summed E-state index contributed by atoms with van der Waals surface area (Å²) in [7, 11) is 0. The molecule has 2 unspecified atom stereocenters. The van der Waals surface area contributed by atoms with Gasteiger partial charge in [0.1, 0.15) is 0 Å². The van der Waals surface area contributed by atoms with E-state index in [0.717, 1.165) is 23.7 Å². The van der Waals surface area contributed by atoms with Gasteiger partial charge in [0.2, 0.25) is 0 Å². The first-order chi connectivity index (χ1) is 8.74. The zero-order valence-electron chi connectivity index (χ0n) is 12.6. The van der Waals surface area contributed by atoms with Gasteiger partial charge < -0.3 is 0 Å². The number of hydrogen-bond acceptors (Lipinski definition) is 0. The highest BCUT2D eigenvalue weighted by atomic mass is 14.3. The van der Waals surface area contributed by atoms with Gasteiger partial charge in [-0.1, -0.05) is 51.7 Å². The molecule has 104 valence electrons. The predicted molar refractivity (Wildman–Crippen MR) is 80.6 cm³/mol. The van der Waals surface area contributed by atoms with Crippen LogP contribution in [0.1, 0.15) is 78.1 Å². The minimum Gasteiger partial charge on any atom is -0.0993 e. The summed E-state index contributed by atoms with van der Waals surface area (Å²) in [6.45, 7) is 9.24. The van der Waals surface area contributed by atoms with Gasteiger partial charge in [-0.2, -0.15) is 0 Å². The highest BCUT2D eigenvalue weighted by Gasteiger charge is 2.29. The Bertz CT molecular complexity index is 257. The van der Waals surface area contributed by atoms with Crippen LogP contribution in [0.3, 0.4) is 0 Å². The third-order valence-corrected chi connectivity index (χ3v) is 5.83. The fraction of sp³-hybridized carbons (Fsp3) is 0.889. The van der Waals surface area contributed by atoms with Gasteiger partial charge in [0.25, 0.3) is 0 Å². The van der Waals surface area contributed by atoms with Gasteiger partial charge in [-0.05, 0) is 62.2 Å². The molecule has 2 fully saturated rings. The lowest BCUT2D eigenvalue weighted by Crippen LogP contribution is -2.23. The molecule has 0 radical (unpaired) electrons. The van der Waals surface area contributed by atoms with Gasteiger partial charge in [0.05, 0.1) is 0 Å². The zero-order chi connectivity index (χ0) is 13.0. The third kappa shape index (κ3) is 3.39. The molecule has 2 atom stereocenters. The van der Waals surface area contributed by atoms with Gasteiger partial charge in [-0.15, -0.1) is 0 Å². The second-order valence-electron chi connectivity index (χ2n) is 6.84. The Hall–Kier alpha value is -0.260. The molecule has 0 aromatic heterocycles. The van der Waals surface area contributed by atoms with E-state index in [-0.39, 0.29) is 0 Å². The summed E-state index contributed by atoms with van der Waals surface area (Å²) in [6, 6.07) is 0. The summed E-state index contributed by atoms with van der Waals surface area (Å²) < 4.78 is 0. The van der Waals surface area contributed by atoms with Crippen molar-refractivity contribution in [1.82, 2.24) is 0 Å². The van der Waals surface area contributed by atoms with Gasteiger partial charge in [0, 0.05) is 0 Å². The molecule has 0 aromatic rings. The standard InChI is InChI=1S/C18H32/c1-4-15-9-11-17(12-10-15)14(3)18-8-6-7-16(5-2)13-18/h15-18H,3-13H2,1-2H3. The molecular weight excluding hydrogens is 216 g/mol. The minimum atomic E-state index is 0.867. The van der Waals surface area contributed by atoms with E-state index in [1.807, 2.05) is 0 Å². The van der Waals surface area contributed by atoms with E-state index in [9.17, 15) is 0 Å². The van der Waals surface area contributed by atoms with Crippen molar-refractivity contribution in [3.63, 3.8) is 0 Å². The highest BCUT2D eigenvalue weighted by Crippen LogP contribution is 2.42. The summed E-state index contributed by atoms with van der Waals surface area (Å²) in [5.41, 5.74) is 1.64. The van der Waals surface area contributed by atoms with Crippen LogP contribution in [0.4, 0.5) is 0 Å². The van der Waals surface area contributed by atoms with Crippen LogP contribution in [0.2, 0.25) is 0 Å². The van der Waals surface area contributed by atoms with Crippen LogP contribution in [-0.4, -0.2) is 0 Å². The summed E-state index contributed by atoms with van der Waals surface area (Å²) in [5, 5.41) is 0. The summed E-state index contributed by atoms with van der Waals surface area (Å²) in [5.74, 6) is 3.75. The first-order valence-corrected chi connectivity index (χ1v) is 8.43. The SMILES string of the molecule is C=C(C1CCC(CC)CC1)C1CCCC(CC)C1. The largest absolute Gasteiger partial charge is 0.0993 e. The average molecular weight is 248 g/mol. The molecule has 0 aliphatic heterocycles. The highest BCUT2D eigenvalue weighted by molar-refractivity contribution is 5.08. The second kappa shape index (κ2) is 6.78. The molecule has 2 saturated carbocycles. The van der Waals surface area contributed by atoms with Crippen LogP contribution >= 0.6 is 0 Å². The monoisotopic (exact) mass is 248 g/mol. The Morgan fingerprint density at radius 2 is 1.50 bits per heavy atom. The fourth-order valence-electron chi connectivity index (χ4n) is 4.27. The van der Waals surface area contributed by atoms with Gasteiger partial charge in [-0.25, -0.2) is 0 Å². The summed E-state index contributed by atoms with van der Waals surface area (Å²) in [4.78, 5) is 0. The summed E-state index contributed by atoms with van der Waals surface area (Å²) in [6.07, 6.45) is 14.4. The molecule has 0 nitrogen and oxygen atoms in total. The second-order valence-corrected chi connectivity index (χ2v) is 6.84. The molecule has 2 rings (SSSR count). The first-order valence-electron chi connectivity index (χ1n) is 8.43. The summed E-state index contributed by atoms with van der Waals surface area (Å²) >= 11 is 0. The lowest BCUT2D eigenvalue weighted by Gasteiger charge is -2.36. The normalized spacial score (nSPS) is 37.4. The fourth-order valence-corrected chi connectivity index (χ4v) is 4.27. The van der Waals surface area contributed by atoms with Gasteiger partial charge in [-0.3, -0.25) is 0 Å². The Morgan fingerprint density at radius 3 is 2.11 bits per heavy atom. The number of hydrogen-bond donors (Lipinski definition) is 0. The molecule has 0 N–H and O–H groups in total. The molecule has 18 heavy (non-hydrogen) atoms. The maximum absolute atomic E-state index is 4.52. The Morgan fingerprint density at radius 1 is 0.833 bits per heavy atom. The Labute approximate surface area is 114 Å². The quantitative estimate of drug-likeness (QED) is 0.537. The van der Waals surface area contributed by atoms with E-state index in [0.29, 0.717) is 0 Å². The third-order valence-electron chi connectivity index (χ3n) is 5.83. The Kier molecular flexibility index (Phi) is 5.33. The lowest BCUT2D eigenvalue weighted by molar-refractivity contribution is 0.241. The van der Waals surface area contributed by atoms with Crippen molar-refractivity contribution in [2.75, 3.05) is 0 Å². The molecule has 2 aliphatic rings. The van der Waals surface area contributed by atoms with Gasteiger partial charge in [0.15, 0.2) is 0 Å². The van der Waals surface area contributed by atoms with Crippen molar-refractivity contribution in [2.24, 2.45) is 23.7 Å². The first kappa shape index (κ1) is 14.2. The van der Waals surface area contributed by atoms with E-state index in [1.54, 1.807) is 5.57 Å². The predicted octanol–water partition coefficient (Wildman–Crippen LogP) is 5.98. The van der Waals surface area contributed by atoms with Crippen molar-refractivity contribution in [2.45, 2.75) is 78.1 Å². The minimum absolute atomic E-state index is 0.867. The van der Waals surface area contributed by atoms with Crippen LogP contribution in [0, 0.1) is 23.7 Å². The maximum Gasteiger partial charge on any atom is -0.0201 e. The average Bonchev–Trinajstić information content (AvgIpc) is 2.46. The smallest absolute Gasteiger partial charge is 0.0201 e. The van der Waals surface area contributed by atoms with Crippen LogP contribution < -0.4 is 0 Å². The van der Waals surface area contributed by atoms with Crippen molar-refractivity contribution < 1.29 is 0 Å². The van der Waals surface area contributed by atoms with Crippen molar-refractivity contribution in [3.05, 3.63) is 12.2 Å². The topological polar surface area (TPSA) is 0 Å². The lowest BCUT2D eigenvalue weighted by atomic mass is 9.69.